The highest BCUT2D eigenvalue weighted by Crippen LogP contribution is 2.57. The monoisotopic (exact) mass is 650 g/mol. The van der Waals surface area contributed by atoms with Crippen LogP contribution in [0.5, 0.6) is 0 Å². The molecule has 0 radical (unpaired) electrons. The van der Waals surface area contributed by atoms with Gasteiger partial charge in [-0.15, -0.1) is 0 Å². The number of hydrogen-bond acceptors (Lipinski definition) is 4. The van der Waals surface area contributed by atoms with Crippen molar-refractivity contribution in [2.24, 2.45) is 0 Å². The first-order valence-corrected chi connectivity index (χ1v) is 16.5. The summed E-state index contributed by atoms with van der Waals surface area (Å²) >= 11 is 0. The van der Waals surface area contributed by atoms with E-state index in [2.05, 4.69) is 75.0 Å². The summed E-state index contributed by atoms with van der Waals surface area (Å²) in [5, 5.41) is 21.4. The Morgan fingerprint density at radius 2 is 1.10 bits per heavy atom. The lowest BCUT2D eigenvalue weighted by molar-refractivity contribution is 0.729. The molecular weight excluding hydrogens is 625 g/mol. The summed E-state index contributed by atoms with van der Waals surface area (Å²) in [6.45, 7) is 7.61. The summed E-state index contributed by atoms with van der Waals surface area (Å²) in [5.74, 6) is 1.52. The average molecular weight is 651 g/mol. The standard InChI is InChI=1S/C45H26N6/c1-48-34-25-26-40-36(27-34)35-9-2-5-12-39(35)50(40)43-15-8-16-44(49-43)51-41-13-6-3-10-37(41)45(38-11-4-7-14-42(38)51,32-21-17-30(28-46)18-22-32)33-23-19-31(29-47)20-24-33/h2-27H. The summed E-state index contributed by atoms with van der Waals surface area (Å²) in [4.78, 5) is 11.3. The van der Waals surface area contributed by atoms with Gasteiger partial charge in [0.2, 0.25) is 0 Å². The molecule has 6 aromatic carbocycles. The molecule has 236 valence electrons. The fourth-order valence-corrected chi connectivity index (χ4v) is 7.81. The quantitative estimate of drug-likeness (QED) is 0.178. The minimum absolute atomic E-state index is 0.587. The maximum absolute atomic E-state index is 9.68. The van der Waals surface area contributed by atoms with Crippen LogP contribution >= 0.6 is 0 Å². The predicted molar refractivity (Wildman–Crippen MR) is 201 cm³/mol. The predicted octanol–water partition coefficient (Wildman–Crippen LogP) is 10.6. The Hall–Kier alpha value is -7.46. The van der Waals surface area contributed by atoms with Crippen LogP contribution in [0.15, 0.2) is 158 Å². The molecule has 0 saturated heterocycles. The van der Waals surface area contributed by atoms with Gasteiger partial charge in [0, 0.05) is 5.39 Å². The molecule has 0 saturated carbocycles. The van der Waals surface area contributed by atoms with Gasteiger partial charge in [-0.25, -0.2) is 9.83 Å². The van der Waals surface area contributed by atoms with E-state index in [0.717, 1.165) is 67.1 Å². The average Bonchev–Trinajstić information content (AvgIpc) is 3.53. The summed E-state index contributed by atoms with van der Waals surface area (Å²) in [6.07, 6.45) is 0. The van der Waals surface area contributed by atoms with E-state index in [0.29, 0.717) is 16.8 Å². The number of nitriles is 2. The molecule has 9 rings (SSSR count). The molecule has 0 unspecified atom stereocenters. The lowest BCUT2D eigenvalue weighted by Crippen LogP contribution is -2.38. The van der Waals surface area contributed by atoms with Crippen LogP contribution in [0.3, 0.4) is 0 Å². The number of fused-ring (bicyclic) bond motifs is 5. The topological polar surface area (TPSA) is 73.0 Å². The molecule has 0 bridgehead atoms. The fourth-order valence-electron chi connectivity index (χ4n) is 7.81. The lowest BCUT2D eigenvalue weighted by atomic mass is 9.62. The van der Waals surface area contributed by atoms with Gasteiger partial charge in [0.1, 0.15) is 11.6 Å². The molecule has 0 spiro atoms. The smallest absolute Gasteiger partial charge is 0.188 e. The highest BCUT2D eigenvalue weighted by molar-refractivity contribution is 6.10. The summed E-state index contributed by atoms with van der Waals surface area (Å²) < 4.78 is 2.17. The van der Waals surface area contributed by atoms with Crippen LogP contribution in [-0.4, -0.2) is 9.55 Å². The molecule has 0 N–H and O–H groups in total. The number of nitrogens with zero attached hydrogens (tertiary/aromatic N) is 6. The Labute approximate surface area is 294 Å². The van der Waals surface area contributed by atoms with E-state index in [9.17, 15) is 10.5 Å². The molecule has 0 atom stereocenters. The minimum atomic E-state index is -0.767. The zero-order chi connectivity index (χ0) is 34.5. The van der Waals surface area contributed by atoms with E-state index in [-0.39, 0.29) is 0 Å². The van der Waals surface area contributed by atoms with Crippen LogP contribution in [0.4, 0.5) is 22.9 Å². The van der Waals surface area contributed by atoms with Crippen molar-refractivity contribution in [3.8, 4) is 18.0 Å². The van der Waals surface area contributed by atoms with Crippen LogP contribution in [0.2, 0.25) is 0 Å². The first-order valence-electron chi connectivity index (χ1n) is 16.5. The summed E-state index contributed by atoms with van der Waals surface area (Å²) in [6, 6.07) is 57.2. The van der Waals surface area contributed by atoms with Crippen molar-refractivity contribution in [2.45, 2.75) is 5.41 Å². The van der Waals surface area contributed by atoms with E-state index in [1.807, 2.05) is 109 Å². The number of benzene rings is 6. The van der Waals surface area contributed by atoms with Crippen LogP contribution in [0.1, 0.15) is 33.4 Å². The van der Waals surface area contributed by atoms with Crippen LogP contribution < -0.4 is 4.90 Å². The van der Waals surface area contributed by atoms with E-state index in [1.165, 1.54) is 0 Å². The Kier molecular flexibility index (Phi) is 6.75. The van der Waals surface area contributed by atoms with Gasteiger partial charge in [0.15, 0.2) is 5.69 Å². The molecule has 51 heavy (non-hydrogen) atoms. The molecule has 1 aliphatic heterocycles. The van der Waals surface area contributed by atoms with E-state index in [1.54, 1.807) is 0 Å². The van der Waals surface area contributed by atoms with Crippen LogP contribution in [0.25, 0.3) is 32.5 Å². The van der Waals surface area contributed by atoms with Crippen LogP contribution in [0, 0.1) is 29.2 Å². The Morgan fingerprint density at radius 3 is 1.71 bits per heavy atom. The number of para-hydroxylation sites is 3. The summed E-state index contributed by atoms with van der Waals surface area (Å²) in [5.41, 5.74) is 9.06. The third kappa shape index (κ3) is 4.37. The summed E-state index contributed by atoms with van der Waals surface area (Å²) in [7, 11) is 0. The van der Waals surface area contributed by atoms with Gasteiger partial charge in [0.25, 0.3) is 0 Å². The van der Waals surface area contributed by atoms with Crippen molar-refractivity contribution in [2.75, 3.05) is 4.90 Å². The van der Waals surface area contributed by atoms with Gasteiger partial charge in [-0.1, -0.05) is 91.0 Å². The van der Waals surface area contributed by atoms with Crippen molar-refractivity contribution < 1.29 is 0 Å². The molecule has 3 heterocycles. The number of pyridine rings is 1. The van der Waals surface area contributed by atoms with Crippen molar-refractivity contribution in [3.05, 3.63) is 203 Å². The molecule has 0 aliphatic carbocycles. The SMILES string of the molecule is [C-]#[N+]c1ccc2c(c1)c1ccccc1n2-c1cccc(N2c3ccccc3C(c3ccc(C#N)cc3)(c3ccc(C#N)cc3)c3ccccc32)n1. The second-order valence-corrected chi connectivity index (χ2v) is 12.5. The molecule has 6 nitrogen and oxygen atoms in total. The molecule has 6 heteroatoms. The van der Waals surface area contributed by atoms with Gasteiger partial charge < -0.3 is 0 Å². The number of hydrogen-bond donors (Lipinski definition) is 0. The molecule has 2 aromatic heterocycles. The van der Waals surface area contributed by atoms with E-state index >= 15 is 0 Å². The zero-order valence-electron chi connectivity index (χ0n) is 27.2. The highest BCUT2D eigenvalue weighted by atomic mass is 15.2. The third-order valence-corrected chi connectivity index (χ3v) is 9.96. The Balaban J connectivity index is 1.31. The van der Waals surface area contributed by atoms with Gasteiger partial charge in [-0.05, 0) is 94.4 Å². The normalized spacial score (nSPS) is 12.8. The van der Waals surface area contributed by atoms with Crippen molar-refractivity contribution in [3.63, 3.8) is 0 Å². The van der Waals surface area contributed by atoms with Crippen LogP contribution in [-0.2, 0) is 5.41 Å². The first-order chi connectivity index (χ1) is 25.1. The largest absolute Gasteiger partial charge is 0.294 e. The van der Waals surface area contributed by atoms with Gasteiger partial charge >= 0.3 is 0 Å². The minimum Gasteiger partial charge on any atom is -0.294 e. The highest BCUT2D eigenvalue weighted by Gasteiger charge is 2.46. The molecular formula is C45H26N6. The van der Waals surface area contributed by atoms with Crippen molar-refractivity contribution in [1.82, 2.24) is 9.55 Å². The number of anilines is 3. The zero-order valence-corrected chi connectivity index (χ0v) is 27.2. The second kappa shape index (κ2) is 11.6. The Morgan fingerprint density at radius 1 is 0.549 bits per heavy atom. The van der Waals surface area contributed by atoms with Crippen molar-refractivity contribution >= 4 is 44.7 Å². The maximum atomic E-state index is 9.68. The maximum Gasteiger partial charge on any atom is 0.188 e. The van der Waals surface area contributed by atoms with Gasteiger partial charge in [-0.3, -0.25) is 9.47 Å². The van der Waals surface area contributed by atoms with Gasteiger partial charge in [-0.2, -0.15) is 10.5 Å². The molecule has 8 aromatic rings. The molecule has 0 fully saturated rings. The lowest BCUT2D eigenvalue weighted by Gasteiger charge is -2.46. The fraction of sp³-hybridized carbons (Fsp3) is 0.0222. The van der Waals surface area contributed by atoms with Gasteiger partial charge in [0.05, 0.1) is 57.7 Å². The third-order valence-electron chi connectivity index (χ3n) is 9.96. The van der Waals surface area contributed by atoms with E-state index < -0.39 is 5.41 Å². The number of rotatable bonds is 4. The number of aromatic nitrogens is 2. The molecule has 0 amide bonds. The van der Waals surface area contributed by atoms with Crippen molar-refractivity contribution in [1.29, 1.82) is 10.5 Å². The second-order valence-electron chi connectivity index (χ2n) is 12.5. The first kappa shape index (κ1) is 29.7. The van der Waals surface area contributed by atoms with E-state index in [4.69, 9.17) is 11.6 Å². The Bertz CT molecular complexity index is 2680. The molecule has 1 aliphatic rings.